The van der Waals surface area contributed by atoms with Crippen molar-refractivity contribution in [3.63, 3.8) is 0 Å². The number of carbonyl (C=O) groups is 1. The van der Waals surface area contributed by atoms with Crippen molar-refractivity contribution in [1.29, 1.82) is 0 Å². The summed E-state index contributed by atoms with van der Waals surface area (Å²) in [5.74, 6) is -1.61. The van der Waals surface area contributed by atoms with Crippen LogP contribution in [-0.2, 0) is 21.2 Å². The number of hydrogen-bond donors (Lipinski definition) is 2. The number of aryl methyl sites for hydroxylation is 1. The first-order chi connectivity index (χ1) is 15.2. The van der Waals surface area contributed by atoms with Gasteiger partial charge in [0.25, 0.3) is 0 Å². The number of carboxylic acid groups (broad SMARTS) is 1. The number of thiophene rings is 1. The number of benzene rings is 2. The highest BCUT2D eigenvalue weighted by atomic mass is 32.2. The van der Waals surface area contributed by atoms with E-state index in [1.807, 2.05) is 12.1 Å². The quantitative estimate of drug-likeness (QED) is 0.346. The third-order valence-corrected chi connectivity index (χ3v) is 8.04. The molecule has 32 heavy (non-hydrogen) atoms. The largest absolute Gasteiger partial charge is 0.480 e. The molecule has 2 heterocycles. The number of rotatable bonds is 8. The van der Waals surface area contributed by atoms with Gasteiger partial charge in [-0.1, -0.05) is 27.2 Å². The van der Waals surface area contributed by atoms with Crippen LogP contribution in [0.3, 0.4) is 0 Å². The molecule has 0 saturated carbocycles. The summed E-state index contributed by atoms with van der Waals surface area (Å²) in [5, 5.41) is 11.0. The van der Waals surface area contributed by atoms with Crippen LogP contribution in [0, 0.1) is 5.92 Å². The van der Waals surface area contributed by atoms with Gasteiger partial charge in [0, 0.05) is 26.6 Å². The van der Waals surface area contributed by atoms with E-state index in [2.05, 4.69) is 29.8 Å². The molecule has 0 aliphatic carbocycles. The lowest BCUT2D eigenvalue weighted by molar-refractivity contribution is -0.140. The van der Waals surface area contributed by atoms with Crippen LogP contribution < -0.4 is 4.72 Å². The average molecular weight is 472 g/mol. The molecule has 2 aromatic heterocycles. The maximum absolute atomic E-state index is 12.8. The Balaban J connectivity index is 1.72. The van der Waals surface area contributed by atoms with Crippen LogP contribution in [0.4, 0.5) is 0 Å². The van der Waals surface area contributed by atoms with Crippen LogP contribution >= 0.6 is 11.3 Å². The molecular formula is C24H25NO5S2. The van der Waals surface area contributed by atoms with Crippen LogP contribution in [0.2, 0.25) is 0 Å². The van der Waals surface area contributed by atoms with Gasteiger partial charge in [-0.2, -0.15) is 4.72 Å². The van der Waals surface area contributed by atoms with Gasteiger partial charge in [-0.05, 0) is 60.4 Å². The second-order valence-electron chi connectivity index (χ2n) is 8.17. The highest BCUT2D eigenvalue weighted by Crippen LogP contribution is 2.36. The van der Waals surface area contributed by atoms with E-state index in [9.17, 15) is 18.3 Å². The SMILES string of the molecule is CCCc1ccc(-c2ccc3oc4cc(S(=O)(=O)N[C@H](C(=O)O)C(C)C)ccc4c3c2)s1. The predicted molar refractivity (Wildman–Crippen MR) is 128 cm³/mol. The Kier molecular flexibility index (Phi) is 6.11. The normalized spacial score (nSPS) is 13.2. The molecule has 2 N–H and O–H groups in total. The minimum absolute atomic E-state index is 0.0290. The molecular weight excluding hydrogens is 446 g/mol. The Morgan fingerprint density at radius 1 is 1.06 bits per heavy atom. The lowest BCUT2D eigenvalue weighted by Gasteiger charge is -2.17. The average Bonchev–Trinajstić information content (AvgIpc) is 3.35. The smallest absolute Gasteiger partial charge is 0.322 e. The topological polar surface area (TPSA) is 96.6 Å². The summed E-state index contributed by atoms with van der Waals surface area (Å²) in [5.41, 5.74) is 2.20. The first-order valence-electron chi connectivity index (χ1n) is 10.5. The predicted octanol–water partition coefficient (Wildman–Crippen LogP) is 5.65. The van der Waals surface area contributed by atoms with E-state index < -0.39 is 28.0 Å². The maximum atomic E-state index is 12.8. The van der Waals surface area contributed by atoms with E-state index in [-0.39, 0.29) is 4.90 Å². The van der Waals surface area contributed by atoms with Crippen LogP contribution in [-0.4, -0.2) is 25.5 Å². The zero-order valence-electron chi connectivity index (χ0n) is 18.1. The highest BCUT2D eigenvalue weighted by Gasteiger charge is 2.28. The fourth-order valence-electron chi connectivity index (χ4n) is 3.70. The van der Waals surface area contributed by atoms with Gasteiger partial charge < -0.3 is 9.52 Å². The summed E-state index contributed by atoms with van der Waals surface area (Å²) < 4.78 is 33.8. The molecule has 8 heteroatoms. The van der Waals surface area contributed by atoms with E-state index in [0.717, 1.165) is 29.2 Å². The Morgan fingerprint density at radius 3 is 2.53 bits per heavy atom. The number of sulfonamides is 1. The molecule has 0 unspecified atom stereocenters. The van der Waals surface area contributed by atoms with Crippen molar-refractivity contribution in [2.24, 2.45) is 5.92 Å². The summed E-state index contributed by atoms with van der Waals surface area (Å²) >= 11 is 1.78. The number of aliphatic carboxylic acids is 1. The van der Waals surface area contributed by atoms with Crippen molar-refractivity contribution < 1.29 is 22.7 Å². The second-order valence-corrected chi connectivity index (χ2v) is 11.1. The van der Waals surface area contributed by atoms with Gasteiger partial charge in [0.05, 0.1) is 4.90 Å². The fraction of sp³-hybridized carbons (Fsp3) is 0.292. The van der Waals surface area contributed by atoms with E-state index in [1.54, 1.807) is 31.3 Å². The summed E-state index contributed by atoms with van der Waals surface area (Å²) in [7, 11) is -4.02. The molecule has 4 aromatic rings. The molecule has 6 nitrogen and oxygen atoms in total. The Morgan fingerprint density at radius 2 is 1.84 bits per heavy atom. The lowest BCUT2D eigenvalue weighted by atomic mass is 10.1. The van der Waals surface area contributed by atoms with Gasteiger partial charge in [0.1, 0.15) is 17.2 Å². The molecule has 0 fully saturated rings. The van der Waals surface area contributed by atoms with Crippen molar-refractivity contribution in [1.82, 2.24) is 4.72 Å². The van der Waals surface area contributed by atoms with Gasteiger partial charge in [0.15, 0.2) is 0 Å². The van der Waals surface area contributed by atoms with Crippen LogP contribution in [0.15, 0.2) is 57.8 Å². The van der Waals surface area contributed by atoms with Gasteiger partial charge in [-0.3, -0.25) is 4.79 Å². The molecule has 4 rings (SSSR count). The summed E-state index contributed by atoms with van der Waals surface area (Å²) in [4.78, 5) is 13.9. The van der Waals surface area contributed by atoms with E-state index in [0.29, 0.717) is 11.2 Å². The van der Waals surface area contributed by atoms with E-state index >= 15 is 0 Å². The summed E-state index contributed by atoms with van der Waals surface area (Å²) in [6.07, 6.45) is 2.17. The monoisotopic (exact) mass is 471 g/mol. The molecule has 0 bridgehead atoms. The van der Waals surface area contributed by atoms with E-state index in [1.165, 1.54) is 21.9 Å². The van der Waals surface area contributed by atoms with Crippen LogP contribution in [0.1, 0.15) is 32.1 Å². The Bertz CT molecular complexity index is 1400. The minimum atomic E-state index is -4.02. The number of hydrogen-bond acceptors (Lipinski definition) is 5. The third-order valence-electron chi connectivity index (χ3n) is 5.41. The van der Waals surface area contributed by atoms with Crippen molar-refractivity contribution in [3.8, 4) is 10.4 Å². The van der Waals surface area contributed by atoms with Gasteiger partial charge in [0.2, 0.25) is 10.0 Å². The Labute approximate surface area is 190 Å². The molecule has 2 aromatic carbocycles. The van der Waals surface area contributed by atoms with Gasteiger partial charge >= 0.3 is 5.97 Å². The van der Waals surface area contributed by atoms with Gasteiger partial charge in [-0.15, -0.1) is 11.3 Å². The van der Waals surface area contributed by atoms with Crippen molar-refractivity contribution in [3.05, 3.63) is 53.4 Å². The molecule has 168 valence electrons. The molecule has 0 saturated heterocycles. The summed E-state index contributed by atoms with van der Waals surface area (Å²) in [6, 6.07) is 13.7. The fourth-order valence-corrected chi connectivity index (χ4v) is 6.16. The number of furan rings is 1. The lowest BCUT2D eigenvalue weighted by Crippen LogP contribution is -2.44. The van der Waals surface area contributed by atoms with Crippen molar-refractivity contribution >= 4 is 49.3 Å². The molecule has 0 radical (unpaired) electrons. The van der Waals surface area contributed by atoms with Crippen molar-refractivity contribution in [2.45, 2.75) is 44.6 Å². The van der Waals surface area contributed by atoms with Crippen LogP contribution in [0.5, 0.6) is 0 Å². The Hall–Kier alpha value is -2.68. The standard InChI is InChI=1S/C24H25NO5S2/c1-4-5-16-7-11-22(31-16)15-6-10-20-19(12-15)18-9-8-17(13-21(18)30-20)32(28,29)25-23(14(2)3)24(26)27/h6-14,23,25H,4-5H2,1-3H3,(H,26,27)/t23-/m0/s1. The number of carboxylic acids is 1. The van der Waals surface area contributed by atoms with Crippen molar-refractivity contribution in [2.75, 3.05) is 0 Å². The first-order valence-corrected chi connectivity index (χ1v) is 12.8. The summed E-state index contributed by atoms with van der Waals surface area (Å²) in [6.45, 7) is 5.47. The number of fused-ring (bicyclic) bond motifs is 3. The molecule has 1 atom stereocenters. The zero-order valence-corrected chi connectivity index (χ0v) is 19.7. The first kappa shape index (κ1) is 22.5. The number of nitrogens with one attached hydrogen (secondary N) is 1. The van der Waals surface area contributed by atoms with Crippen LogP contribution in [0.25, 0.3) is 32.4 Å². The van der Waals surface area contributed by atoms with E-state index in [4.69, 9.17) is 4.42 Å². The molecule has 0 spiro atoms. The zero-order chi connectivity index (χ0) is 23.0. The maximum Gasteiger partial charge on any atom is 0.322 e. The van der Waals surface area contributed by atoms with Gasteiger partial charge in [-0.25, -0.2) is 8.42 Å². The third kappa shape index (κ3) is 4.30. The minimum Gasteiger partial charge on any atom is -0.480 e. The molecule has 0 aliphatic heterocycles. The second kappa shape index (κ2) is 8.69. The highest BCUT2D eigenvalue weighted by molar-refractivity contribution is 7.89. The molecule has 0 aliphatic rings. The molecule has 0 amide bonds.